The Morgan fingerprint density at radius 2 is 1.55 bits per heavy atom. The smallest absolute Gasteiger partial charge is 0.240 e. The molecule has 1 heterocycles. The van der Waals surface area contributed by atoms with Gasteiger partial charge in [-0.25, -0.2) is 13.1 Å². The van der Waals surface area contributed by atoms with Crippen LogP contribution in [0.15, 0.2) is 65.6 Å². The van der Waals surface area contributed by atoms with Gasteiger partial charge in [-0.2, -0.15) is 0 Å². The quantitative estimate of drug-likeness (QED) is 0.518. The number of sulfonamides is 1. The van der Waals surface area contributed by atoms with Crippen LogP contribution in [0.25, 0.3) is 0 Å². The average molecular weight is 443 g/mol. The van der Waals surface area contributed by atoms with Crippen molar-refractivity contribution in [3.8, 4) is 17.2 Å². The number of rotatable bonds is 9. The minimum Gasteiger partial charge on any atom is -0.494 e. The maximum Gasteiger partial charge on any atom is 0.240 e. The molecule has 31 heavy (non-hydrogen) atoms. The second-order valence-corrected chi connectivity index (χ2v) is 8.72. The predicted molar refractivity (Wildman–Crippen MR) is 118 cm³/mol. The number of aliphatic hydroxyl groups excluding tert-OH is 1. The highest BCUT2D eigenvalue weighted by Crippen LogP contribution is 2.25. The lowest BCUT2D eigenvalue weighted by Crippen LogP contribution is -2.24. The molecule has 2 aromatic carbocycles. The summed E-state index contributed by atoms with van der Waals surface area (Å²) in [6, 6.07) is 16.8. The van der Waals surface area contributed by atoms with Gasteiger partial charge in [-0.05, 0) is 75.4 Å². The van der Waals surface area contributed by atoms with Crippen LogP contribution in [-0.2, 0) is 16.6 Å². The summed E-state index contributed by atoms with van der Waals surface area (Å²) in [5, 5.41) is 9.69. The van der Waals surface area contributed by atoms with E-state index in [9.17, 15) is 13.5 Å². The SMILES string of the molecule is CCOc1ccc(Oc2ccc(S(=O)(=O)NCc3ccc(C(C)O)c(C)n3)cc2)cc1. The van der Waals surface area contributed by atoms with Crippen LogP contribution >= 0.6 is 0 Å². The fourth-order valence-corrected chi connectivity index (χ4v) is 4.01. The Kier molecular flexibility index (Phi) is 7.27. The molecule has 7 nitrogen and oxygen atoms in total. The standard InChI is InChI=1S/C23H26N2O5S/c1-4-29-19-6-8-20(9-7-19)30-21-10-12-22(13-11-21)31(27,28)24-15-18-5-14-23(17(3)26)16(2)25-18/h5-14,17,24,26H,4,15H2,1-3H3. The van der Waals surface area contributed by atoms with Crippen LogP contribution in [0.5, 0.6) is 17.2 Å². The number of benzene rings is 2. The van der Waals surface area contributed by atoms with Gasteiger partial charge in [0.25, 0.3) is 0 Å². The Balaban J connectivity index is 1.63. The van der Waals surface area contributed by atoms with Gasteiger partial charge in [0.1, 0.15) is 17.2 Å². The zero-order valence-electron chi connectivity index (χ0n) is 17.7. The second-order valence-electron chi connectivity index (χ2n) is 6.96. The van der Waals surface area contributed by atoms with Crippen LogP contribution in [0.2, 0.25) is 0 Å². The molecule has 0 aliphatic carbocycles. The maximum absolute atomic E-state index is 12.6. The second kappa shape index (κ2) is 9.91. The summed E-state index contributed by atoms with van der Waals surface area (Å²) in [6.45, 7) is 6.00. The Morgan fingerprint density at radius 3 is 2.10 bits per heavy atom. The third kappa shape index (κ3) is 6.04. The minimum atomic E-state index is -3.71. The van der Waals surface area contributed by atoms with Crippen molar-refractivity contribution >= 4 is 10.0 Å². The number of nitrogens with one attached hydrogen (secondary N) is 1. The highest BCUT2D eigenvalue weighted by Gasteiger charge is 2.15. The molecule has 0 aliphatic rings. The molecule has 1 unspecified atom stereocenters. The van der Waals surface area contributed by atoms with Gasteiger partial charge in [-0.1, -0.05) is 6.07 Å². The van der Waals surface area contributed by atoms with Crippen molar-refractivity contribution in [1.29, 1.82) is 0 Å². The summed E-state index contributed by atoms with van der Waals surface area (Å²) in [5.74, 6) is 1.90. The molecule has 0 saturated carbocycles. The van der Waals surface area contributed by atoms with Crippen LogP contribution < -0.4 is 14.2 Å². The molecular formula is C23H26N2O5S. The third-order valence-electron chi connectivity index (χ3n) is 4.58. The Labute approximate surface area is 182 Å². The lowest BCUT2D eigenvalue weighted by Gasteiger charge is -2.11. The fourth-order valence-electron chi connectivity index (χ4n) is 3.01. The fraction of sp³-hybridized carbons (Fsp3) is 0.261. The number of pyridine rings is 1. The zero-order valence-corrected chi connectivity index (χ0v) is 18.5. The van der Waals surface area contributed by atoms with Crippen LogP contribution in [0, 0.1) is 6.92 Å². The molecule has 0 bridgehead atoms. The summed E-state index contributed by atoms with van der Waals surface area (Å²) in [5.41, 5.74) is 1.96. The van der Waals surface area contributed by atoms with Gasteiger partial charge in [-0.15, -0.1) is 0 Å². The number of hydrogen-bond donors (Lipinski definition) is 2. The molecule has 0 saturated heterocycles. The van der Waals surface area contributed by atoms with Crippen LogP contribution in [0.4, 0.5) is 0 Å². The molecular weight excluding hydrogens is 416 g/mol. The lowest BCUT2D eigenvalue weighted by molar-refractivity contribution is 0.198. The first-order valence-electron chi connectivity index (χ1n) is 9.93. The van der Waals surface area contributed by atoms with Crippen LogP contribution in [-0.4, -0.2) is 25.1 Å². The summed E-state index contributed by atoms with van der Waals surface area (Å²) in [4.78, 5) is 4.48. The van der Waals surface area contributed by atoms with Crippen molar-refractivity contribution in [3.63, 3.8) is 0 Å². The minimum absolute atomic E-state index is 0.0493. The average Bonchev–Trinajstić information content (AvgIpc) is 2.74. The monoisotopic (exact) mass is 442 g/mol. The first kappa shape index (κ1) is 22.7. The highest BCUT2D eigenvalue weighted by molar-refractivity contribution is 7.89. The van der Waals surface area contributed by atoms with E-state index in [1.54, 1.807) is 50.2 Å². The normalized spacial score (nSPS) is 12.4. The van der Waals surface area contributed by atoms with Gasteiger partial charge in [-0.3, -0.25) is 4.98 Å². The number of hydrogen-bond acceptors (Lipinski definition) is 6. The molecule has 0 radical (unpaired) electrons. The molecule has 3 rings (SSSR count). The van der Waals surface area contributed by atoms with E-state index in [1.165, 1.54) is 12.1 Å². The Hall–Kier alpha value is -2.94. The van der Waals surface area contributed by atoms with Crippen molar-refractivity contribution in [1.82, 2.24) is 9.71 Å². The first-order chi connectivity index (χ1) is 14.8. The largest absolute Gasteiger partial charge is 0.494 e. The topological polar surface area (TPSA) is 97.8 Å². The summed E-state index contributed by atoms with van der Waals surface area (Å²) in [7, 11) is -3.71. The van der Waals surface area contributed by atoms with Crippen LogP contribution in [0.3, 0.4) is 0 Å². The van der Waals surface area contributed by atoms with Gasteiger partial charge in [0, 0.05) is 11.3 Å². The van der Waals surface area contributed by atoms with Crippen molar-refractivity contribution in [3.05, 3.63) is 77.6 Å². The summed E-state index contributed by atoms with van der Waals surface area (Å²) in [6.07, 6.45) is -0.624. The van der Waals surface area contributed by atoms with Gasteiger partial charge in [0.15, 0.2) is 0 Å². The molecule has 1 atom stereocenters. The number of ether oxygens (including phenoxy) is 2. The van der Waals surface area contributed by atoms with E-state index in [2.05, 4.69) is 9.71 Å². The van der Waals surface area contributed by atoms with Gasteiger partial charge < -0.3 is 14.6 Å². The summed E-state index contributed by atoms with van der Waals surface area (Å²) < 4.78 is 38.9. The third-order valence-corrected chi connectivity index (χ3v) is 6.00. The zero-order chi connectivity index (χ0) is 22.4. The van der Waals surface area contributed by atoms with E-state index in [0.29, 0.717) is 29.5 Å². The molecule has 3 aromatic rings. The number of aliphatic hydroxyl groups is 1. The molecule has 0 fully saturated rings. The molecule has 0 aliphatic heterocycles. The Bertz CT molecular complexity index is 1110. The molecule has 2 N–H and O–H groups in total. The number of aryl methyl sites for hydroxylation is 1. The number of aromatic nitrogens is 1. The molecule has 1 aromatic heterocycles. The van der Waals surface area contributed by atoms with Crippen LogP contribution in [0.1, 0.15) is 36.9 Å². The van der Waals surface area contributed by atoms with Gasteiger partial charge in [0.05, 0.1) is 29.8 Å². The van der Waals surface area contributed by atoms with E-state index in [4.69, 9.17) is 9.47 Å². The van der Waals surface area contributed by atoms with Gasteiger partial charge in [0.2, 0.25) is 10.0 Å². The summed E-state index contributed by atoms with van der Waals surface area (Å²) >= 11 is 0. The van der Waals surface area contributed by atoms with Gasteiger partial charge >= 0.3 is 0 Å². The van der Waals surface area contributed by atoms with E-state index in [1.807, 2.05) is 19.1 Å². The molecule has 0 spiro atoms. The highest BCUT2D eigenvalue weighted by atomic mass is 32.2. The molecule has 8 heteroatoms. The molecule has 0 amide bonds. The van der Waals surface area contributed by atoms with Crippen molar-refractivity contribution in [2.24, 2.45) is 0 Å². The van der Waals surface area contributed by atoms with E-state index >= 15 is 0 Å². The van der Waals surface area contributed by atoms with E-state index in [0.717, 1.165) is 11.3 Å². The molecule has 164 valence electrons. The van der Waals surface area contributed by atoms with E-state index < -0.39 is 16.1 Å². The van der Waals surface area contributed by atoms with Crippen molar-refractivity contribution in [2.75, 3.05) is 6.61 Å². The van der Waals surface area contributed by atoms with Crippen molar-refractivity contribution in [2.45, 2.75) is 38.3 Å². The number of nitrogens with zero attached hydrogens (tertiary/aromatic N) is 1. The van der Waals surface area contributed by atoms with E-state index in [-0.39, 0.29) is 11.4 Å². The first-order valence-corrected chi connectivity index (χ1v) is 11.4. The lowest BCUT2D eigenvalue weighted by atomic mass is 10.1. The Morgan fingerprint density at radius 1 is 0.968 bits per heavy atom. The van der Waals surface area contributed by atoms with Crippen molar-refractivity contribution < 1.29 is 23.0 Å². The predicted octanol–water partition coefficient (Wildman–Crippen LogP) is 4.11. The maximum atomic E-state index is 12.6.